The maximum absolute atomic E-state index is 6.64. The van der Waals surface area contributed by atoms with Crippen molar-refractivity contribution in [1.29, 1.82) is 0 Å². The van der Waals surface area contributed by atoms with Crippen LogP contribution in [0.1, 0.15) is 70.0 Å². The lowest BCUT2D eigenvalue weighted by Crippen LogP contribution is -2.51. The topological polar surface area (TPSA) is 29.3 Å². The first-order chi connectivity index (χ1) is 10.1. The second kappa shape index (κ2) is 7.42. The van der Waals surface area contributed by atoms with Gasteiger partial charge in [-0.1, -0.05) is 50.5 Å². The predicted octanol–water partition coefficient (Wildman–Crippen LogP) is 4.29. The van der Waals surface area contributed by atoms with Crippen LogP contribution in [-0.4, -0.2) is 23.5 Å². The van der Waals surface area contributed by atoms with Crippen LogP contribution < -0.4 is 5.73 Å². The third-order valence-electron chi connectivity index (χ3n) is 5.06. The molecule has 21 heavy (non-hydrogen) atoms. The Hall–Kier alpha value is -0.860. The molecule has 1 unspecified atom stereocenters. The van der Waals surface area contributed by atoms with Gasteiger partial charge in [-0.2, -0.15) is 0 Å². The van der Waals surface area contributed by atoms with Crippen LogP contribution in [0.15, 0.2) is 24.3 Å². The Labute approximate surface area is 130 Å². The lowest BCUT2D eigenvalue weighted by atomic mass is 9.87. The van der Waals surface area contributed by atoms with E-state index in [9.17, 15) is 0 Å². The largest absolute Gasteiger partial charge is 0.322 e. The van der Waals surface area contributed by atoms with Crippen molar-refractivity contribution in [2.24, 2.45) is 5.73 Å². The first-order valence-corrected chi connectivity index (χ1v) is 8.65. The van der Waals surface area contributed by atoms with E-state index >= 15 is 0 Å². The molecule has 1 heterocycles. The molecule has 0 amide bonds. The van der Waals surface area contributed by atoms with Gasteiger partial charge in [0, 0.05) is 11.6 Å². The fourth-order valence-corrected chi connectivity index (χ4v) is 3.43. The van der Waals surface area contributed by atoms with Gasteiger partial charge in [0.25, 0.3) is 0 Å². The van der Waals surface area contributed by atoms with E-state index in [0.29, 0.717) is 0 Å². The van der Waals surface area contributed by atoms with E-state index in [1.54, 1.807) is 0 Å². The zero-order valence-electron chi connectivity index (χ0n) is 14.1. The number of hydrogen-bond acceptors (Lipinski definition) is 2. The molecule has 1 saturated heterocycles. The number of nitrogens with zero attached hydrogens (tertiary/aromatic N) is 1. The Morgan fingerprint density at radius 1 is 1.05 bits per heavy atom. The van der Waals surface area contributed by atoms with E-state index in [1.165, 1.54) is 56.3 Å². The molecule has 0 bridgehead atoms. The minimum Gasteiger partial charge on any atom is -0.322 e. The number of nitrogens with two attached hydrogens (primary N) is 1. The van der Waals surface area contributed by atoms with Gasteiger partial charge in [-0.25, -0.2) is 0 Å². The average Bonchev–Trinajstić information content (AvgIpc) is 2.77. The van der Waals surface area contributed by atoms with Crippen molar-refractivity contribution < 1.29 is 0 Å². The van der Waals surface area contributed by atoms with Crippen LogP contribution in [-0.2, 0) is 6.42 Å². The molecule has 2 rings (SSSR count). The van der Waals surface area contributed by atoms with Gasteiger partial charge in [0.05, 0.1) is 0 Å². The van der Waals surface area contributed by atoms with Gasteiger partial charge in [-0.3, -0.25) is 4.90 Å². The van der Waals surface area contributed by atoms with Crippen molar-refractivity contribution in [3.05, 3.63) is 35.4 Å². The fourth-order valence-electron chi connectivity index (χ4n) is 3.43. The minimum atomic E-state index is 0.0244. The van der Waals surface area contributed by atoms with Crippen LogP contribution in [0.2, 0.25) is 0 Å². The second-order valence-electron chi connectivity index (χ2n) is 7.02. The smallest absolute Gasteiger partial charge is 0.0476 e. The van der Waals surface area contributed by atoms with E-state index in [0.717, 1.165) is 6.42 Å². The van der Waals surface area contributed by atoms with Gasteiger partial charge in [0.2, 0.25) is 0 Å². The van der Waals surface area contributed by atoms with E-state index in [4.69, 9.17) is 5.73 Å². The minimum absolute atomic E-state index is 0.0244. The zero-order chi connectivity index (χ0) is 15.3. The first-order valence-electron chi connectivity index (χ1n) is 8.65. The number of benzene rings is 1. The summed E-state index contributed by atoms with van der Waals surface area (Å²) < 4.78 is 0. The standard InChI is InChI=1S/C19H32N2/c1-4-9-16-10-12-17(13-11-16)18(20)19(2,3)21-14-7-5-6-8-15-21/h10-13,18H,4-9,14-15,20H2,1-3H3. The lowest BCUT2D eigenvalue weighted by Gasteiger charge is -2.42. The molecule has 0 radical (unpaired) electrons. The normalized spacial score (nSPS) is 19.2. The average molecular weight is 288 g/mol. The summed E-state index contributed by atoms with van der Waals surface area (Å²) >= 11 is 0. The number of hydrogen-bond donors (Lipinski definition) is 1. The van der Waals surface area contributed by atoms with Crippen LogP contribution >= 0.6 is 0 Å². The van der Waals surface area contributed by atoms with Crippen LogP contribution in [0.4, 0.5) is 0 Å². The molecule has 1 aliphatic heterocycles. The van der Waals surface area contributed by atoms with Crippen molar-refractivity contribution in [1.82, 2.24) is 4.90 Å². The van der Waals surface area contributed by atoms with E-state index in [2.05, 4.69) is 49.9 Å². The van der Waals surface area contributed by atoms with E-state index in [1.807, 2.05) is 0 Å². The van der Waals surface area contributed by atoms with Gasteiger partial charge < -0.3 is 5.73 Å². The summed E-state index contributed by atoms with van der Waals surface area (Å²) in [5.74, 6) is 0. The van der Waals surface area contributed by atoms with Crippen LogP contribution in [0.5, 0.6) is 0 Å². The van der Waals surface area contributed by atoms with Crippen molar-refractivity contribution in [3.8, 4) is 0 Å². The number of aryl methyl sites for hydroxylation is 1. The third kappa shape index (κ3) is 4.08. The van der Waals surface area contributed by atoms with Gasteiger partial charge in [0.1, 0.15) is 0 Å². The first kappa shape index (κ1) is 16.5. The van der Waals surface area contributed by atoms with Crippen molar-refractivity contribution >= 4 is 0 Å². The zero-order valence-corrected chi connectivity index (χ0v) is 14.1. The SMILES string of the molecule is CCCc1ccc(C(N)C(C)(C)N2CCCCCC2)cc1. The highest BCUT2D eigenvalue weighted by Crippen LogP contribution is 2.31. The van der Waals surface area contributed by atoms with Gasteiger partial charge in [0.15, 0.2) is 0 Å². The molecule has 1 aromatic rings. The summed E-state index contributed by atoms with van der Waals surface area (Å²) in [7, 11) is 0. The molecule has 1 aliphatic rings. The summed E-state index contributed by atoms with van der Waals surface area (Å²) in [5, 5.41) is 0. The molecule has 1 atom stereocenters. The van der Waals surface area contributed by atoms with E-state index < -0.39 is 0 Å². The molecule has 0 aromatic heterocycles. The summed E-state index contributed by atoms with van der Waals surface area (Å²) in [6.07, 6.45) is 7.72. The molecule has 1 aromatic carbocycles. The highest BCUT2D eigenvalue weighted by molar-refractivity contribution is 5.27. The van der Waals surface area contributed by atoms with Crippen molar-refractivity contribution in [2.75, 3.05) is 13.1 Å². The van der Waals surface area contributed by atoms with Gasteiger partial charge in [-0.15, -0.1) is 0 Å². The highest BCUT2D eigenvalue weighted by atomic mass is 15.2. The van der Waals surface area contributed by atoms with Crippen molar-refractivity contribution in [3.63, 3.8) is 0 Å². The number of likely N-dealkylation sites (tertiary alicyclic amines) is 1. The highest BCUT2D eigenvalue weighted by Gasteiger charge is 2.34. The van der Waals surface area contributed by atoms with Crippen molar-refractivity contribution in [2.45, 2.75) is 70.9 Å². The molecule has 2 heteroatoms. The maximum atomic E-state index is 6.64. The van der Waals surface area contributed by atoms with Gasteiger partial charge in [-0.05, 0) is 57.3 Å². The van der Waals surface area contributed by atoms with Gasteiger partial charge >= 0.3 is 0 Å². The molecule has 2 N–H and O–H groups in total. The second-order valence-corrected chi connectivity index (χ2v) is 7.02. The molecular weight excluding hydrogens is 256 g/mol. The van der Waals surface area contributed by atoms with Crippen LogP contribution in [0.3, 0.4) is 0 Å². The molecule has 0 spiro atoms. The third-order valence-corrected chi connectivity index (χ3v) is 5.06. The summed E-state index contributed by atoms with van der Waals surface area (Å²) in [5.41, 5.74) is 9.35. The summed E-state index contributed by atoms with van der Waals surface area (Å²) in [4.78, 5) is 2.60. The Morgan fingerprint density at radius 2 is 1.62 bits per heavy atom. The molecular formula is C19H32N2. The van der Waals surface area contributed by atoms with Crippen LogP contribution in [0, 0.1) is 0 Å². The Bertz CT molecular complexity index is 414. The summed E-state index contributed by atoms with van der Waals surface area (Å²) in [6, 6.07) is 9.03. The Morgan fingerprint density at radius 3 is 2.14 bits per heavy atom. The fraction of sp³-hybridized carbons (Fsp3) is 0.684. The summed E-state index contributed by atoms with van der Waals surface area (Å²) in [6.45, 7) is 9.22. The molecule has 0 aliphatic carbocycles. The van der Waals surface area contributed by atoms with Crippen LogP contribution in [0.25, 0.3) is 0 Å². The quantitative estimate of drug-likeness (QED) is 0.875. The number of rotatable bonds is 5. The molecule has 118 valence electrons. The van der Waals surface area contributed by atoms with E-state index in [-0.39, 0.29) is 11.6 Å². The Kier molecular flexibility index (Phi) is 5.83. The molecule has 1 fully saturated rings. The Balaban J connectivity index is 2.10. The molecule has 2 nitrogen and oxygen atoms in total. The predicted molar refractivity (Wildman–Crippen MR) is 91.5 cm³/mol. The monoisotopic (exact) mass is 288 g/mol. The molecule has 0 saturated carbocycles. The maximum Gasteiger partial charge on any atom is 0.0476 e. The lowest BCUT2D eigenvalue weighted by molar-refractivity contribution is 0.0980.